The molecule has 110 valence electrons. The predicted molar refractivity (Wildman–Crippen MR) is 78.0 cm³/mol. The summed E-state index contributed by atoms with van der Waals surface area (Å²) in [5, 5.41) is 6.44. The maximum Gasteiger partial charge on any atom is 0.237 e. The molecule has 19 heavy (non-hydrogen) atoms. The second kappa shape index (κ2) is 7.25. The predicted octanol–water partition coefficient (Wildman–Crippen LogP) is 1.22. The molecule has 0 saturated carbocycles. The Bertz CT molecular complexity index is 287. The van der Waals surface area contributed by atoms with Crippen LogP contribution in [0.25, 0.3) is 0 Å². The Morgan fingerprint density at radius 3 is 2.74 bits per heavy atom. The Balaban J connectivity index is 1.61. The number of likely N-dealkylation sites (tertiary alicyclic amines) is 1. The summed E-state index contributed by atoms with van der Waals surface area (Å²) in [6.45, 7) is 6.48. The van der Waals surface area contributed by atoms with Crippen molar-refractivity contribution in [2.45, 2.75) is 45.1 Å². The molecule has 2 aliphatic rings. The molecular formula is C15H29N3O. The highest BCUT2D eigenvalue weighted by Gasteiger charge is 2.24. The van der Waals surface area contributed by atoms with Gasteiger partial charge in [0, 0.05) is 6.54 Å². The number of piperidine rings is 2. The van der Waals surface area contributed by atoms with Crippen LogP contribution in [0.1, 0.15) is 39.0 Å². The summed E-state index contributed by atoms with van der Waals surface area (Å²) in [5.74, 6) is 1.68. The standard InChI is InChI=1S/C15H29N3O/c1-12-3-7-16-14(11-12)15(19)17-8-4-13-5-9-18(2)10-6-13/h12-14,16H,3-11H2,1-2H3,(H,17,19). The number of amides is 1. The third-order valence-electron chi connectivity index (χ3n) is 4.67. The fourth-order valence-corrected chi connectivity index (χ4v) is 3.18. The van der Waals surface area contributed by atoms with Crippen LogP contribution in [0.15, 0.2) is 0 Å². The molecule has 2 heterocycles. The third-order valence-corrected chi connectivity index (χ3v) is 4.67. The number of rotatable bonds is 4. The van der Waals surface area contributed by atoms with Gasteiger partial charge in [-0.1, -0.05) is 6.92 Å². The summed E-state index contributed by atoms with van der Waals surface area (Å²) in [7, 11) is 2.19. The first-order chi connectivity index (χ1) is 9.15. The van der Waals surface area contributed by atoms with Gasteiger partial charge in [0.25, 0.3) is 0 Å². The highest BCUT2D eigenvalue weighted by Crippen LogP contribution is 2.19. The fraction of sp³-hybridized carbons (Fsp3) is 0.933. The van der Waals surface area contributed by atoms with E-state index >= 15 is 0 Å². The van der Waals surface area contributed by atoms with Crippen LogP contribution in [0.2, 0.25) is 0 Å². The van der Waals surface area contributed by atoms with Crippen molar-refractivity contribution in [2.24, 2.45) is 11.8 Å². The monoisotopic (exact) mass is 267 g/mol. The lowest BCUT2D eigenvalue weighted by Gasteiger charge is -2.30. The van der Waals surface area contributed by atoms with Gasteiger partial charge in [-0.25, -0.2) is 0 Å². The lowest BCUT2D eigenvalue weighted by Crippen LogP contribution is -2.48. The van der Waals surface area contributed by atoms with Crippen molar-refractivity contribution in [1.29, 1.82) is 0 Å². The van der Waals surface area contributed by atoms with Gasteiger partial charge in [0.05, 0.1) is 6.04 Å². The molecule has 2 N–H and O–H groups in total. The SMILES string of the molecule is CC1CCNC(C(=O)NCCC2CCN(C)CC2)C1. The lowest BCUT2D eigenvalue weighted by molar-refractivity contribution is -0.124. The Hall–Kier alpha value is -0.610. The molecule has 0 spiro atoms. The maximum atomic E-state index is 12.1. The van der Waals surface area contributed by atoms with Gasteiger partial charge in [-0.3, -0.25) is 4.79 Å². The number of carbonyl (C=O) groups excluding carboxylic acids is 1. The minimum absolute atomic E-state index is 0.0428. The first-order valence-electron chi connectivity index (χ1n) is 7.85. The first kappa shape index (κ1) is 14.8. The van der Waals surface area contributed by atoms with Gasteiger partial charge in [-0.05, 0) is 70.6 Å². The van der Waals surface area contributed by atoms with E-state index in [4.69, 9.17) is 0 Å². The van der Waals surface area contributed by atoms with Crippen molar-refractivity contribution in [3.05, 3.63) is 0 Å². The topological polar surface area (TPSA) is 44.4 Å². The van der Waals surface area contributed by atoms with Crippen molar-refractivity contribution >= 4 is 5.91 Å². The molecule has 0 aromatic carbocycles. The number of nitrogens with zero attached hydrogens (tertiary/aromatic N) is 1. The molecule has 0 aliphatic carbocycles. The van der Waals surface area contributed by atoms with Crippen LogP contribution in [0.4, 0.5) is 0 Å². The van der Waals surface area contributed by atoms with Crippen LogP contribution in [0, 0.1) is 11.8 Å². The summed E-state index contributed by atoms with van der Waals surface area (Å²) >= 11 is 0. The van der Waals surface area contributed by atoms with Crippen molar-refractivity contribution in [3.8, 4) is 0 Å². The van der Waals surface area contributed by atoms with E-state index in [0.29, 0.717) is 5.92 Å². The Labute approximate surface area is 117 Å². The van der Waals surface area contributed by atoms with E-state index in [1.54, 1.807) is 0 Å². The van der Waals surface area contributed by atoms with Gasteiger partial charge in [-0.15, -0.1) is 0 Å². The molecule has 0 aromatic rings. The van der Waals surface area contributed by atoms with Crippen LogP contribution in [-0.2, 0) is 4.79 Å². The van der Waals surface area contributed by atoms with E-state index in [2.05, 4.69) is 29.5 Å². The minimum atomic E-state index is 0.0428. The number of nitrogens with one attached hydrogen (secondary N) is 2. The van der Waals surface area contributed by atoms with Gasteiger partial charge in [-0.2, -0.15) is 0 Å². The first-order valence-corrected chi connectivity index (χ1v) is 7.85. The van der Waals surface area contributed by atoms with E-state index in [0.717, 1.165) is 31.8 Å². The van der Waals surface area contributed by atoms with Gasteiger partial charge >= 0.3 is 0 Å². The van der Waals surface area contributed by atoms with Gasteiger partial charge in [0.15, 0.2) is 0 Å². The zero-order valence-electron chi connectivity index (χ0n) is 12.5. The summed E-state index contributed by atoms with van der Waals surface area (Å²) < 4.78 is 0. The molecule has 4 heteroatoms. The van der Waals surface area contributed by atoms with Gasteiger partial charge in [0.2, 0.25) is 5.91 Å². The quantitative estimate of drug-likeness (QED) is 0.805. The van der Waals surface area contributed by atoms with Crippen LogP contribution in [-0.4, -0.2) is 50.1 Å². The Morgan fingerprint density at radius 1 is 1.32 bits per heavy atom. The van der Waals surface area contributed by atoms with Crippen LogP contribution >= 0.6 is 0 Å². The molecule has 2 saturated heterocycles. The zero-order chi connectivity index (χ0) is 13.7. The van der Waals surface area contributed by atoms with Crippen LogP contribution in [0.3, 0.4) is 0 Å². The summed E-state index contributed by atoms with van der Waals surface area (Å²) in [4.78, 5) is 14.4. The molecule has 2 fully saturated rings. The molecule has 2 rings (SSSR count). The number of hydrogen-bond acceptors (Lipinski definition) is 3. The molecule has 4 nitrogen and oxygen atoms in total. The third kappa shape index (κ3) is 4.77. The number of carbonyl (C=O) groups is 1. The number of hydrogen-bond donors (Lipinski definition) is 2. The second-order valence-corrected chi connectivity index (χ2v) is 6.46. The summed E-state index contributed by atoms with van der Waals surface area (Å²) in [5.41, 5.74) is 0. The molecule has 2 atom stereocenters. The Kier molecular flexibility index (Phi) is 5.64. The molecule has 0 radical (unpaired) electrons. The van der Waals surface area contributed by atoms with E-state index in [1.807, 2.05) is 0 Å². The molecule has 1 amide bonds. The van der Waals surface area contributed by atoms with Gasteiger partial charge in [0.1, 0.15) is 0 Å². The van der Waals surface area contributed by atoms with Crippen LogP contribution < -0.4 is 10.6 Å². The zero-order valence-corrected chi connectivity index (χ0v) is 12.5. The average molecular weight is 267 g/mol. The highest BCUT2D eigenvalue weighted by atomic mass is 16.2. The lowest BCUT2D eigenvalue weighted by atomic mass is 9.93. The maximum absolute atomic E-state index is 12.1. The summed E-state index contributed by atoms with van der Waals surface area (Å²) in [6, 6.07) is 0.0428. The molecular weight excluding hydrogens is 238 g/mol. The van der Waals surface area contributed by atoms with Crippen molar-refractivity contribution in [3.63, 3.8) is 0 Å². The normalized spacial score (nSPS) is 30.2. The van der Waals surface area contributed by atoms with Gasteiger partial charge < -0.3 is 15.5 Å². The molecule has 2 unspecified atom stereocenters. The van der Waals surface area contributed by atoms with E-state index in [1.165, 1.54) is 32.4 Å². The smallest absolute Gasteiger partial charge is 0.237 e. The fourth-order valence-electron chi connectivity index (χ4n) is 3.18. The highest BCUT2D eigenvalue weighted by molar-refractivity contribution is 5.81. The molecule has 0 aromatic heterocycles. The molecule has 2 aliphatic heterocycles. The van der Waals surface area contributed by atoms with E-state index < -0.39 is 0 Å². The van der Waals surface area contributed by atoms with E-state index in [9.17, 15) is 4.79 Å². The minimum Gasteiger partial charge on any atom is -0.355 e. The summed E-state index contributed by atoms with van der Waals surface area (Å²) in [6.07, 6.45) is 5.89. The van der Waals surface area contributed by atoms with E-state index in [-0.39, 0.29) is 11.9 Å². The largest absolute Gasteiger partial charge is 0.355 e. The Morgan fingerprint density at radius 2 is 2.05 bits per heavy atom. The second-order valence-electron chi connectivity index (χ2n) is 6.46. The average Bonchev–Trinajstić information content (AvgIpc) is 2.41. The van der Waals surface area contributed by atoms with Crippen LogP contribution in [0.5, 0.6) is 0 Å². The van der Waals surface area contributed by atoms with Crippen molar-refractivity contribution in [2.75, 3.05) is 33.2 Å². The van der Waals surface area contributed by atoms with Crippen molar-refractivity contribution < 1.29 is 4.79 Å². The van der Waals surface area contributed by atoms with Crippen molar-refractivity contribution in [1.82, 2.24) is 15.5 Å². The molecule has 0 bridgehead atoms.